The number of hydrogen-bond donors (Lipinski definition) is 1. The molecule has 0 fully saturated rings. The minimum atomic E-state index is -4.29. The Morgan fingerprint density at radius 2 is 1.87 bits per heavy atom. The van der Waals surface area contributed by atoms with Crippen LogP contribution in [0.25, 0.3) is 0 Å². The molecule has 0 saturated heterocycles. The average molecular weight is 260 g/mol. The molecule has 0 heterocycles. The minimum Gasteiger partial charge on any atom is -0.300 e. The van der Waals surface area contributed by atoms with E-state index >= 15 is 0 Å². The molecule has 0 aliphatic carbocycles. The number of hydrogen-bond acceptors (Lipinski definition) is 3. The van der Waals surface area contributed by atoms with Gasteiger partial charge in [0.15, 0.2) is 0 Å². The summed E-state index contributed by atoms with van der Waals surface area (Å²) < 4.78 is 36.2. The molecule has 1 aromatic rings. The maximum atomic E-state index is 12.1. The van der Waals surface area contributed by atoms with Crippen molar-refractivity contribution in [1.82, 2.24) is 0 Å². The van der Waals surface area contributed by atoms with Crippen molar-refractivity contribution in [2.24, 2.45) is 5.90 Å². The molecular weight excluding hydrogens is 251 g/mol. The third-order valence-corrected chi connectivity index (χ3v) is 2.29. The van der Waals surface area contributed by atoms with Gasteiger partial charge in [-0.25, -0.2) is 5.90 Å². The first-order chi connectivity index (χ1) is 6.53. The van der Waals surface area contributed by atoms with Gasteiger partial charge in [0, 0.05) is 4.90 Å². The van der Waals surface area contributed by atoms with E-state index < -0.39 is 5.51 Å². The van der Waals surface area contributed by atoms with Crippen molar-refractivity contribution in [3.05, 3.63) is 29.8 Å². The van der Waals surface area contributed by atoms with Crippen molar-refractivity contribution < 1.29 is 18.0 Å². The van der Waals surface area contributed by atoms with E-state index in [4.69, 9.17) is 5.90 Å². The average Bonchev–Trinajstić information content (AvgIpc) is 2.06. The standard InChI is InChI=1S/C8H8F3NOS.ClH/c9-8(10,11)14-7-4-2-1-3-6(7)5-13-12;/h1-4H,5,12H2;1H. The fraction of sp³-hybridized carbons (Fsp3) is 0.250. The molecule has 2 nitrogen and oxygen atoms in total. The van der Waals surface area contributed by atoms with Gasteiger partial charge >= 0.3 is 5.51 Å². The van der Waals surface area contributed by atoms with Crippen LogP contribution in [0.15, 0.2) is 29.2 Å². The molecule has 0 spiro atoms. The SMILES string of the molecule is Cl.NOCc1ccccc1SC(F)(F)F. The molecule has 2 N–H and O–H groups in total. The van der Waals surface area contributed by atoms with Gasteiger partial charge in [0.1, 0.15) is 0 Å². The summed E-state index contributed by atoms with van der Waals surface area (Å²) in [6, 6.07) is 6.09. The lowest BCUT2D eigenvalue weighted by Crippen LogP contribution is -2.04. The van der Waals surface area contributed by atoms with Crippen LogP contribution < -0.4 is 5.90 Å². The van der Waals surface area contributed by atoms with Crippen LogP contribution in [-0.2, 0) is 11.4 Å². The van der Waals surface area contributed by atoms with Crippen LogP contribution in [0.2, 0.25) is 0 Å². The van der Waals surface area contributed by atoms with E-state index in [2.05, 4.69) is 4.84 Å². The molecule has 0 amide bonds. The van der Waals surface area contributed by atoms with Crippen LogP contribution >= 0.6 is 24.2 Å². The Hall–Kier alpha value is -0.430. The molecule has 0 aliphatic rings. The topological polar surface area (TPSA) is 35.2 Å². The Morgan fingerprint density at radius 3 is 2.40 bits per heavy atom. The third-order valence-electron chi connectivity index (χ3n) is 1.44. The second kappa shape index (κ2) is 6.22. The van der Waals surface area contributed by atoms with Crippen LogP contribution in [0.4, 0.5) is 13.2 Å². The Labute approximate surface area is 95.3 Å². The number of benzene rings is 1. The maximum Gasteiger partial charge on any atom is 0.446 e. The molecule has 0 saturated carbocycles. The summed E-state index contributed by atoms with van der Waals surface area (Å²) in [5, 5.41) is 0. The zero-order chi connectivity index (χ0) is 10.6. The lowest BCUT2D eigenvalue weighted by molar-refractivity contribution is -0.0328. The molecule has 0 aliphatic heterocycles. The van der Waals surface area contributed by atoms with E-state index in [9.17, 15) is 13.2 Å². The van der Waals surface area contributed by atoms with Gasteiger partial charge in [-0.15, -0.1) is 12.4 Å². The highest BCUT2D eigenvalue weighted by Crippen LogP contribution is 2.38. The first-order valence-electron chi connectivity index (χ1n) is 3.68. The van der Waals surface area contributed by atoms with Crippen molar-refractivity contribution in [3.8, 4) is 0 Å². The highest BCUT2D eigenvalue weighted by Gasteiger charge is 2.30. The van der Waals surface area contributed by atoms with E-state index in [1.807, 2.05) is 0 Å². The molecule has 15 heavy (non-hydrogen) atoms. The number of halogens is 4. The van der Waals surface area contributed by atoms with Crippen molar-refractivity contribution in [1.29, 1.82) is 0 Å². The van der Waals surface area contributed by atoms with E-state index in [1.54, 1.807) is 12.1 Å². The van der Waals surface area contributed by atoms with E-state index in [1.165, 1.54) is 12.1 Å². The van der Waals surface area contributed by atoms with Gasteiger partial charge in [-0.05, 0) is 23.4 Å². The first-order valence-corrected chi connectivity index (χ1v) is 4.50. The monoisotopic (exact) mass is 259 g/mol. The number of nitrogens with two attached hydrogens (primary N) is 1. The Balaban J connectivity index is 0.00000196. The summed E-state index contributed by atoms with van der Waals surface area (Å²) in [7, 11) is 0. The van der Waals surface area contributed by atoms with E-state index in [-0.39, 0.29) is 35.7 Å². The van der Waals surface area contributed by atoms with Crippen molar-refractivity contribution in [2.45, 2.75) is 17.0 Å². The highest BCUT2D eigenvalue weighted by molar-refractivity contribution is 8.00. The number of thioether (sulfide) groups is 1. The molecule has 0 aromatic heterocycles. The lowest BCUT2D eigenvalue weighted by atomic mass is 10.2. The largest absolute Gasteiger partial charge is 0.446 e. The first kappa shape index (κ1) is 14.6. The molecular formula is C8H9ClF3NOS. The fourth-order valence-corrected chi connectivity index (χ4v) is 1.59. The summed E-state index contributed by atoms with van der Waals surface area (Å²) in [5.74, 6) is 4.80. The van der Waals surface area contributed by atoms with E-state index in [0.717, 1.165) is 0 Å². The highest BCUT2D eigenvalue weighted by atomic mass is 35.5. The summed E-state index contributed by atoms with van der Waals surface area (Å²) in [4.78, 5) is 4.42. The second-order valence-corrected chi connectivity index (χ2v) is 3.57. The number of rotatable bonds is 3. The number of alkyl halides is 3. The third kappa shape index (κ3) is 5.27. The van der Waals surface area contributed by atoms with Gasteiger partial charge in [-0.1, -0.05) is 18.2 Å². The lowest BCUT2D eigenvalue weighted by Gasteiger charge is -2.09. The normalized spacial score (nSPS) is 10.9. The Morgan fingerprint density at radius 1 is 1.27 bits per heavy atom. The molecule has 0 radical (unpaired) electrons. The van der Waals surface area contributed by atoms with Crippen LogP contribution in [0.3, 0.4) is 0 Å². The van der Waals surface area contributed by atoms with Crippen LogP contribution in [0.1, 0.15) is 5.56 Å². The van der Waals surface area contributed by atoms with Gasteiger partial charge in [-0.3, -0.25) is 4.84 Å². The summed E-state index contributed by atoms with van der Waals surface area (Å²) in [5.41, 5.74) is -3.86. The van der Waals surface area contributed by atoms with Crippen molar-refractivity contribution in [2.75, 3.05) is 0 Å². The maximum absolute atomic E-state index is 12.1. The molecule has 7 heteroatoms. The van der Waals surface area contributed by atoms with Gasteiger partial charge < -0.3 is 0 Å². The Bertz CT molecular complexity index is 308. The van der Waals surface area contributed by atoms with Gasteiger partial charge in [-0.2, -0.15) is 13.2 Å². The van der Waals surface area contributed by atoms with Crippen LogP contribution in [0.5, 0.6) is 0 Å². The molecule has 0 atom stereocenters. The minimum absolute atomic E-state index is 0. The molecule has 1 aromatic carbocycles. The zero-order valence-electron chi connectivity index (χ0n) is 7.45. The fourth-order valence-electron chi connectivity index (χ4n) is 0.937. The molecule has 0 bridgehead atoms. The van der Waals surface area contributed by atoms with Crippen LogP contribution in [0, 0.1) is 0 Å². The van der Waals surface area contributed by atoms with Gasteiger partial charge in [0.2, 0.25) is 0 Å². The second-order valence-electron chi connectivity index (χ2n) is 2.47. The molecule has 86 valence electrons. The smallest absolute Gasteiger partial charge is 0.300 e. The van der Waals surface area contributed by atoms with Crippen molar-refractivity contribution >= 4 is 24.2 Å². The van der Waals surface area contributed by atoms with Crippen LogP contribution in [-0.4, -0.2) is 5.51 Å². The zero-order valence-corrected chi connectivity index (χ0v) is 9.09. The Kier molecular flexibility index (Phi) is 6.04. The van der Waals surface area contributed by atoms with Gasteiger partial charge in [0.25, 0.3) is 0 Å². The van der Waals surface area contributed by atoms with Crippen molar-refractivity contribution in [3.63, 3.8) is 0 Å². The predicted octanol–water partition coefficient (Wildman–Crippen LogP) is 3.11. The summed E-state index contributed by atoms with van der Waals surface area (Å²) in [6.45, 7) is -0.0285. The molecule has 1 rings (SSSR count). The predicted molar refractivity (Wildman–Crippen MR) is 54.6 cm³/mol. The summed E-state index contributed by atoms with van der Waals surface area (Å²) in [6.07, 6.45) is 0. The van der Waals surface area contributed by atoms with E-state index in [0.29, 0.717) is 5.56 Å². The van der Waals surface area contributed by atoms with Gasteiger partial charge in [0.05, 0.1) is 6.61 Å². The quantitative estimate of drug-likeness (QED) is 0.669. The summed E-state index contributed by atoms with van der Waals surface area (Å²) >= 11 is -0.168. The molecule has 0 unspecified atom stereocenters.